The summed E-state index contributed by atoms with van der Waals surface area (Å²) in [5, 5.41) is 13.8. The third kappa shape index (κ3) is 7.91. The number of carbonyl (C=O) groups excluding carboxylic acids is 2. The first-order valence-electron chi connectivity index (χ1n) is 13.9. The van der Waals surface area contributed by atoms with E-state index in [2.05, 4.69) is 0 Å². The van der Waals surface area contributed by atoms with Crippen LogP contribution in [-0.4, -0.2) is 110 Å². The highest BCUT2D eigenvalue weighted by Gasteiger charge is 2.44. The van der Waals surface area contributed by atoms with Crippen LogP contribution in [0.2, 0.25) is 0 Å². The van der Waals surface area contributed by atoms with Crippen LogP contribution in [0.3, 0.4) is 0 Å². The summed E-state index contributed by atoms with van der Waals surface area (Å²) in [7, 11) is 7.07. The van der Waals surface area contributed by atoms with Gasteiger partial charge in [-0.1, -0.05) is 12.8 Å². The predicted molar refractivity (Wildman–Crippen MR) is 148 cm³/mol. The number of rotatable bonds is 7. The fourth-order valence-corrected chi connectivity index (χ4v) is 5.73. The van der Waals surface area contributed by atoms with Gasteiger partial charge in [-0.25, -0.2) is 9.80 Å². The highest BCUT2D eigenvalue weighted by molar-refractivity contribution is 6.07. The zero-order chi connectivity index (χ0) is 31.2. The van der Waals surface area contributed by atoms with Crippen LogP contribution in [0.25, 0.3) is 0 Å². The average molecular weight is 600 g/mol. The average Bonchev–Trinajstić information content (AvgIpc) is 2.96. The SMILES string of the molecule is COc1ccc(C2=NN(C3CCN(C(=O)[C@H](N)CN(C)C)CC3)C(=O)[C@@H]3CCCC[C@H]23)cc1OC.O=C(O)C(F)(F)F. The Hall–Kier alpha value is -3.39. The molecule has 0 radical (unpaired) electrons. The second-order valence-corrected chi connectivity index (χ2v) is 11.0. The van der Waals surface area contributed by atoms with E-state index in [0.717, 1.165) is 37.0 Å². The Morgan fingerprint density at radius 1 is 1.07 bits per heavy atom. The first kappa shape index (κ1) is 33.1. The number of halogens is 3. The van der Waals surface area contributed by atoms with Crippen LogP contribution in [0.1, 0.15) is 44.1 Å². The molecule has 3 atom stereocenters. The molecule has 42 heavy (non-hydrogen) atoms. The molecule has 1 aliphatic carbocycles. The monoisotopic (exact) mass is 599 g/mol. The molecular formula is C28H40F3N5O6. The third-order valence-corrected chi connectivity index (χ3v) is 7.80. The van der Waals surface area contributed by atoms with Crippen molar-refractivity contribution in [3.8, 4) is 11.5 Å². The minimum Gasteiger partial charge on any atom is -0.493 e. The number of fused-ring (bicyclic) bond motifs is 1. The number of likely N-dealkylation sites (tertiary alicyclic amines) is 1. The van der Waals surface area contributed by atoms with E-state index in [9.17, 15) is 22.8 Å². The van der Waals surface area contributed by atoms with Crippen molar-refractivity contribution in [3.05, 3.63) is 23.8 Å². The number of hydrogen-bond acceptors (Lipinski definition) is 8. The maximum absolute atomic E-state index is 13.6. The minimum absolute atomic E-state index is 0.0188. The first-order chi connectivity index (χ1) is 19.8. The van der Waals surface area contributed by atoms with E-state index in [1.165, 1.54) is 0 Å². The lowest BCUT2D eigenvalue weighted by molar-refractivity contribution is -0.192. The molecule has 14 heteroatoms. The molecule has 4 rings (SSSR count). The summed E-state index contributed by atoms with van der Waals surface area (Å²) in [6, 6.07) is 5.32. The molecule has 3 aliphatic rings. The molecule has 0 aromatic heterocycles. The number of benzene rings is 1. The lowest BCUT2D eigenvalue weighted by Crippen LogP contribution is -2.55. The molecule has 1 saturated heterocycles. The van der Waals surface area contributed by atoms with Gasteiger partial charge >= 0.3 is 12.1 Å². The fourth-order valence-electron chi connectivity index (χ4n) is 5.73. The smallest absolute Gasteiger partial charge is 0.490 e. The number of nitrogens with two attached hydrogens (primary N) is 1. The molecule has 1 aromatic carbocycles. The number of amides is 2. The lowest BCUT2D eigenvalue weighted by atomic mass is 9.73. The number of carboxylic acid groups (broad SMARTS) is 1. The number of hydrazone groups is 1. The molecule has 2 aliphatic heterocycles. The quantitative estimate of drug-likeness (QED) is 0.488. The number of aliphatic carboxylic acids is 1. The van der Waals surface area contributed by atoms with E-state index < -0.39 is 18.2 Å². The fraction of sp³-hybridized carbons (Fsp3) is 0.643. The normalized spacial score (nSPS) is 22.0. The topological polar surface area (TPSA) is 138 Å². The van der Waals surface area contributed by atoms with Gasteiger partial charge in [0.1, 0.15) is 0 Å². The minimum atomic E-state index is -5.08. The summed E-state index contributed by atoms with van der Waals surface area (Å²) in [6.45, 7) is 1.69. The molecule has 0 bridgehead atoms. The molecule has 2 heterocycles. The van der Waals surface area contributed by atoms with Crippen molar-refractivity contribution < 1.29 is 42.1 Å². The van der Waals surface area contributed by atoms with Crippen LogP contribution >= 0.6 is 0 Å². The summed E-state index contributed by atoms with van der Waals surface area (Å²) in [6.07, 6.45) is 0.348. The highest BCUT2D eigenvalue weighted by atomic mass is 19.4. The Balaban J connectivity index is 0.000000616. The molecule has 1 aromatic rings. The number of likely N-dealkylation sites (N-methyl/N-ethyl adjacent to an activating group) is 1. The first-order valence-corrected chi connectivity index (χ1v) is 13.9. The van der Waals surface area contributed by atoms with Crippen molar-refractivity contribution in [2.75, 3.05) is 47.9 Å². The third-order valence-electron chi connectivity index (χ3n) is 7.80. The molecule has 0 unspecified atom stereocenters. The van der Waals surface area contributed by atoms with E-state index in [0.29, 0.717) is 44.0 Å². The van der Waals surface area contributed by atoms with E-state index in [-0.39, 0.29) is 29.7 Å². The molecule has 1 saturated carbocycles. The number of ether oxygens (including phenoxy) is 2. The van der Waals surface area contributed by atoms with Crippen LogP contribution in [0, 0.1) is 11.8 Å². The van der Waals surface area contributed by atoms with Crippen LogP contribution in [0.5, 0.6) is 11.5 Å². The predicted octanol–water partition coefficient (Wildman–Crippen LogP) is 2.57. The number of alkyl halides is 3. The van der Waals surface area contributed by atoms with Gasteiger partial charge < -0.3 is 30.1 Å². The highest BCUT2D eigenvalue weighted by Crippen LogP contribution is 2.40. The molecule has 234 valence electrons. The zero-order valence-corrected chi connectivity index (χ0v) is 24.4. The Bertz CT molecular complexity index is 1150. The number of methoxy groups -OCH3 is 2. The zero-order valence-electron chi connectivity index (χ0n) is 24.4. The number of nitrogens with zero attached hydrogens (tertiary/aromatic N) is 4. The van der Waals surface area contributed by atoms with Gasteiger partial charge in [0.15, 0.2) is 11.5 Å². The maximum atomic E-state index is 13.6. The van der Waals surface area contributed by atoms with Gasteiger partial charge in [0.2, 0.25) is 11.8 Å². The Morgan fingerprint density at radius 3 is 2.17 bits per heavy atom. The van der Waals surface area contributed by atoms with Gasteiger partial charge in [0.05, 0.1) is 32.0 Å². The largest absolute Gasteiger partial charge is 0.493 e. The van der Waals surface area contributed by atoms with Crippen LogP contribution in [-0.2, 0) is 14.4 Å². The van der Waals surface area contributed by atoms with Gasteiger partial charge in [-0.15, -0.1) is 0 Å². The summed E-state index contributed by atoms with van der Waals surface area (Å²) in [4.78, 5) is 39.0. The summed E-state index contributed by atoms with van der Waals surface area (Å²) in [5.74, 6) is -1.24. The standard InChI is InChI=1S/C26H39N5O4.C2HF3O2/c1-29(2)16-21(27)26(33)30-13-11-18(12-14-30)31-25(32)20-8-6-5-7-19(20)24(28-31)17-9-10-22(34-3)23(15-17)35-4;3-2(4,5)1(6)7/h9-10,15,18-21H,5-8,11-14,16,27H2,1-4H3;(H,6,7)/t19-,20+,21+;/m0./s1. The number of hydrogen-bond donors (Lipinski definition) is 2. The summed E-state index contributed by atoms with van der Waals surface area (Å²) in [5.41, 5.74) is 8.04. The van der Waals surface area contributed by atoms with Crippen molar-refractivity contribution in [2.45, 2.75) is 56.8 Å². The Kier molecular flexibility index (Phi) is 11.2. The van der Waals surface area contributed by atoms with Gasteiger partial charge in [-0.05, 0) is 58.0 Å². The van der Waals surface area contributed by atoms with Gasteiger partial charge in [-0.2, -0.15) is 18.3 Å². The number of carboxylic acids is 1. The van der Waals surface area contributed by atoms with Crippen molar-refractivity contribution in [1.82, 2.24) is 14.8 Å². The van der Waals surface area contributed by atoms with Gasteiger partial charge in [0, 0.05) is 37.0 Å². The molecular weight excluding hydrogens is 559 g/mol. The lowest BCUT2D eigenvalue weighted by Gasteiger charge is -2.43. The van der Waals surface area contributed by atoms with Crippen molar-refractivity contribution in [1.29, 1.82) is 0 Å². The van der Waals surface area contributed by atoms with E-state index in [4.69, 9.17) is 30.2 Å². The Labute approximate surface area is 243 Å². The molecule has 11 nitrogen and oxygen atoms in total. The second kappa shape index (κ2) is 14.2. The molecule has 3 N–H and O–H groups in total. The van der Waals surface area contributed by atoms with Crippen molar-refractivity contribution in [3.63, 3.8) is 0 Å². The van der Waals surface area contributed by atoms with E-state index in [1.807, 2.05) is 42.1 Å². The maximum Gasteiger partial charge on any atom is 0.490 e. The Morgan fingerprint density at radius 2 is 1.64 bits per heavy atom. The van der Waals surface area contributed by atoms with E-state index in [1.54, 1.807) is 19.2 Å². The number of piperidine rings is 1. The summed E-state index contributed by atoms with van der Waals surface area (Å²) >= 11 is 0. The second-order valence-electron chi connectivity index (χ2n) is 11.0. The van der Waals surface area contributed by atoms with Gasteiger partial charge in [0.25, 0.3) is 0 Å². The van der Waals surface area contributed by atoms with E-state index >= 15 is 0 Å². The van der Waals surface area contributed by atoms with Crippen molar-refractivity contribution >= 4 is 23.5 Å². The van der Waals surface area contributed by atoms with Crippen LogP contribution in [0.4, 0.5) is 13.2 Å². The number of carbonyl (C=O) groups is 3. The van der Waals surface area contributed by atoms with Gasteiger partial charge in [-0.3, -0.25) is 9.59 Å². The summed E-state index contributed by atoms with van der Waals surface area (Å²) < 4.78 is 42.7. The van der Waals surface area contributed by atoms with Crippen LogP contribution < -0.4 is 15.2 Å². The van der Waals surface area contributed by atoms with Crippen molar-refractivity contribution in [2.24, 2.45) is 22.7 Å². The molecule has 2 amide bonds. The molecule has 2 fully saturated rings. The molecule has 0 spiro atoms. The van der Waals surface area contributed by atoms with Crippen LogP contribution in [0.15, 0.2) is 23.3 Å².